The first-order valence-electron chi connectivity index (χ1n) is 9.41. The highest BCUT2D eigenvalue weighted by Gasteiger charge is 2.63. The van der Waals surface area contributed by atoms with Gasteiger partial charge in [0, 0.05) is 18.7 Å². The molecule has 3 heterocycles. The zero-order valence-corrected chi connectivity index (χ0v) is 15.4. The molecule has 0 unspecified atom stereocenters. The van der Waals surface area contributed by atoms with E-state index in [0.717, 1.165) is 25.1 Å². The van der Waals surface area contributed by atoms with E-state index in [0.29, 0.717) is 11.4 Å². The molecule has 3 aliphatic rings. The van der Waals surface area contributed by atoms with Crippen LogP contribution in [0.5, 0.6) is 5.75 Å². The Hall–Kier alpha value is -2.77. The molecule has 3 aliphatic heterocycles. The summed E-state index contributed by atoms with van der Waals surface area (Å²) in [6.07, 6.45) is 0.937. The normalized spacial score (nSPS) is 27.4. The van der Waals surface area contributed by atoms with E-state index in [1.807, 2.05) is 29.3 Å². The summed E-state index contributed by atoms with van der Waals surface area (Å²) >= 11 is 0. The molecule has 3 atom stereocenters. The van der Waals surface area contributed by atoms with Crippen molar-refractivity contribution in [3.63, 3.8) is 0 Å². The van der Waals surface area contributed by atoms with E-state index in [1.54, 1.807) is 7.11 Å². The van der Waals surface area contributed by atoms with E-state index in [1.165, 1.54) is 29.2 Å². The first-order valence-corrected chi connectivity index (χ1v) is 9.41. The van der Waals surface area contributed by atoms with E-state index >= 15 is 0 Å². The Balaban J connectivity index is 1.60. The second-order valence-electron chi connectivity index (χ2n) is 7.33. The molecule has 6 nitrogen and oxygen atoms in total. The van der Waals surface area contributed by atoms with Gasteiger partial charge in [-0.2, -0.15) is 0 Å². The summed E-state index contributed by atoms with van der Waals surface area (Å²) in [4.78, 5) is 27.9. The Morgan fingerprint density at radius 3 is 2.32 bits per heavy atom. The Morgan fingerprint density at radius 2 is 1.61 bits per heavy atom. The van der Waals surface area contributed by atoms with Crippen molar-refractivity contribution < 1.29 is 18.7 Å². The van der Waals surface area contributed by atoms with Gasteiger partial charge < -0.3 is 4.74 Å². The highest BCUT2D eigenvalue weighted by molar-refractivity contribution is 6.24. The second kappa shape index (κ2) is 6.39. The largest absolute Gasteiger partial charge is 0.496 e. The maximum atomic E-state index is 13.4. The number of nitrogens with zero attached hydrogens (tertiary/aromatic N) is 3. The van der Waals surface area contributed by atoms with Gasteiger partial charge in [0.25, 0.3) is 5.91 Å². The Kier molecular flexibility index (Phi) is 3.96. The molecular formula is C21H20FN3O3. The number of benzene rings is 2. The van der Waals surface area contributed by atoms with Crippen molar-refractivity contribution in [2.24, 2.45) is 5.92 Å². The zero-order chi connectivity index (χ0) is 19.4. The maximum absolute atomic E-state index is 13.4. The van der Waals surface area contributed by atoms with Crippen LogP contribution in [0.15, 0.2) is 48.5 Å². The first-order chi connectivity index (χ1) is 13.6. The summed E-state index contributed by atoms with van der Waals surface area (Å²) < 4.78 is 18.9. The fourth-order valence-electron chi connectivity index (χ4n) is 4.84. The molecule has 2 aromatic rings. The van der Waals surface area contributed by atoms with Crippen molar-refractivity contribution in [3.8, 4) is 5.75 Å². The molecule has 0 N–H and O–H groups in total. The lowest BCUT2D eigenvalue weighted by molar-refractivity contribution is -0.126. The summed E-state index contributed by atoms with van der Waals surface area (Å²) in [5.41, 5.74) is 1.32. The lowest BCUT2D eigenvalue weighted by Crippen LogP contribution is -2.44. The van der Waals surface area contributed by atoms with Crippen LogP contribution in [0.4, 0.5) is 10.1 Å². The lowest BCUT2D eigenvalue weighted by Gasteiger charge is -2.30. The SMILES string of the molecule is COc1ccccc1[C@@H]1[C@H]2C(=O)N(c3ccc(F)cc3)C(=O)[C@@H]2N2CCCN12. The molecule has 0 radical (unpaired) electrons. The monoisotopic (exact) mass is 381 g/mol. The third-order valence-electron chi connectivity index (χ3n) is 5.95. The number of carbonyl (C=O) groups excluding carboxylic acids is 2. The summed E-state index contributed by atoms with van der Waals surface area (Å²) in [6, 6.07) is 12.3. The van der Waals surface area contributed by atoms with E-state index < -0.39 is 17.8 Å². The summed E-state index contributed by atoms with van der Waals surface area (Å²) in [5.74, 6) is -0.701. The molecule has 7 heteroatoms. The van der Waals surface area contributed by atoms with Crippen LogP contribution < -0.4 is 9.64 Å². The standard InChI is InChI=1S/C21H20FN3O3/c1-28-16-6-3-2-5-15(16)18-17-19(24-12-4-11-23(18)24)21(27)25(20(17)26)14-9-7-13(22)8-10-14/h2-3,5-10,17-19H,4,11-12H2,1H3/t17-,18-,19-/m1/s1. The number of carbonyl (C=O) groups is 2. The molecule has 0 saturated carbocycles. The van der Waals surface area contributed by atoms with Crippen LogP contribution in [0.1, 0.15) is 18.0 Å². The predicted octanol–water partition coefficient (Wildman–Crippen LogP) is 2.37. The fraction of sp³-hybridized carbons (Fsp3) is 0.333. The quantitative estimate of drug-likeness (QED) is 0.764. The zero-order valence-electron chi connectivity index (χ0n) is 15.4. The number of anilines is 1. The Labute approximate surface area is 162 Å². The number of ether oxygens (including phenoxy) is 1. The average molecular weight is 381 g/mol. The maximum Gasteiger partial charge on any atom is 0.253 e. The number of amides is 2. The molecule has 28 heavy (non-hydrogen) atoms. The number of fused-ring (bicyclic) bond motifs is 3. The number of hydrogen-bond acceptors (Lipinski definition) is 5. The predicted molar refractivity (Wildman–Crippen MR) is 99.9 cm³/mol. The molecule has 144 valence electrons. The van der Waals surface area contributed by atoms with Gasteiger partial charge in [0.15, 0.2) is 0 Å². The summed E-state index contributed by atoms with van der Waals surface area (Å²) in [7, 11) is 1.61. The van der Waals surface area contributed by atoms with Gasteiger partial charge in [-0.25, -0.2) is 19.3 Å². The Morgan fingerprint density at radius 1 is 0.929 bits per heavy atom. The van der Waals surface area contributed by atoms with Gasteiger partial charge in [0.2, 0.25) is 5.91 Å². The van der Waals surface area contributed by atoms with Crippen molar-refractivity contribution in [2.45, 2.75) is 18.5 Å². The molecule has 0 bridgehead atoms. The van der Waals surface area contributed by atoms with E-state index in [4.69, 9.17) is 4.74 Å². The van der Waals surface area contributed by atoms with Gasteiger partial charge in [0.1, 0.15) is 17.6 Å². The molecule has 0 spiro atoms. The van der Waals surface area contributed by atoms with Crippen molar-refractivity contribution in [3.05, 3.63) is 59.9 Å². The number of methoxy groups -OCH3 is 1. The van der Waals surface area contributed by atoms with Crippen molar-refractivity contribution in [2.75, 3.05) is 25.1 Å². The minimum absolute atomic E-state index is 0.244. The third-order valence-corrected chi connectivity index (χ3v) is 5.95. The van der Waals surface area contributed by atoms with Gasteiger partial charge >= 0.3 is 0 Å². The molecule has 2 amide bonds. The van der Waals surface area contributed by atoms with Crippen molar-refractivity contribution >= 4 is 17.5 Å². The average Bonchev–Trinajstić information content (AvgIpc) is 3.35. The highest BCUT2D eigenvalue weighted by Crippen LogP contribution is 2.50. The number of imide groups is 1. The smallest absolute Gasteiger partial charge is 0.253 e. The van der Waals surface area contributed by atoms with Crippen molar-refractivity contribution in [1.82, 2.24) is 10.0 Å². The molecule has 2 aromatic carbocycles. The van der Waals surface area contributed by atoms with Crippen LogP contribution in [0, 0.1) is 11.7 Å². The fourth-order valence-corrected chi connectivity index (χ4v) is 4.84. The topological polar surface area (TPSA) is 53.1 Å². The number of para-hydroxylation sites is 1. The molecule has 3 saturated heterocycles. The number of hydrogen-bond donors (Lipinski definition) is 0. The minimum atomic E-state index is -0.532. The van der Waals surface area contributed by atoms with Crippen LogP contribution in [0.2, 0.25) is 0 Å². The van der Waals surface area contributed by atoms with E-state index in [2.05, 4.69) is 5.01 Å². The number of halogens is 1. The lowest BCUT2D eigenvalue weighted by atomic mass is 9.89. The van der Waals surface area contributed by atoms with Crippen LogP contribution in [0.3, 0.4) is 0 Å². The van der Waals surface area contributed by atoms with Gasteiger partial charge in [-0.3, -0.25) is 9.59 Å². The molecule has 5 rings (SSSR count). The van der Waals surface area contributed by atoms with Gasteiger partial charge in [-0.1, -0.05) is 18.2 Å². The molecule has 3 fully saturated rings. The van der Waals surface area contributed by atoms with E-state index in [9.17, 15) is 14.0 Å². The summed E-state index contributed by atoms with van der Waals surface area (Å²) in [6.45, 7) is 1.54. The van der Waals surface area contributed by atoms with Crippen LogP contribution in [-0.2, 0) is 9.59 Å². The number of hydrazine groups is 1. The molecule has 0 aliphatic carbocycles. The summed E-state index contributed by atoms with van der Waals surface area (Å²) in [5, 5.41) is 4.18. The van der Waals surface area contributed by atoms with Gasteiger partial charge in [-0.15, -0.1) is 0 Å². The molecule has 0 aromatic heterocycles. The highest BCUT2D eigenvalue weighted by atomic mass is 19.1. The second-order valence-corrected chi connectivity index (χ2v) is 7.33. The van der Waals surface area contributed by atoms with Gasteiger partial charge in [-0.05, 0) is 36.8 Å². The van der Waals surface area contributed by atoms with Crippen LogP contribution >= 0.6 is 0 Å². The van der Waals surface area contributed by atoms with Crippen LogP contribution in [-0.4, -0.2) is 48.1 Å². The molecular weight excluding hydrogens is 361 g/mol. The van der Waals surface area contributed by atoms with Gasteiger partial charge in [0.05, 0.1) is 24.8 Å². The van der Waals surface area contributed by atoms with E-state index in [-0.39, 0.29) is 17.9 Å². The number of rotatable bonds is 3. The third kappa shape index (κ3) is 2.33. The van der Waals surface area contributed by atoms with Crippen molar-refractivity contribution in [1.29, 1.82) is 0 Å². The minimum Gasteiger partial charge on any atom is -0.496 e. The van der Waals surface area contributed by atoms with Crippen LogP contribution in [0.25, 0.3) is 0 Å². The first kappa shape index (κ1) is 17.3. The Bertz CT molecular complexity index is 948.